The Kier molecular flexibility index (Phi) is 10.7. The van der Waals surface area contributed by atoms with Crippen LogP contribution in [0.4, 0.5) is 5.69 Å². The van der Waals surface area contributed by atoms with E-state index in [1.165, 1.54) is 9.21 Å². The number of benzene rings is 2. The summed E-state index contributed by atoms with van der Waals surface area (Å²) in [6.45, 7) is 5.42. The molecule has 2 rings (SSSR count). The fraction of sp³-hybridized carbons (Fsp3) is 0.417. The number of nitrogens with zero attached hydrogens (tertiary/aromatic N) is 2. The summed E-state index contributed by atoms with van der Waals surface area (Å²) >= 11 is 18.5. The van der Waals surface area contributed by atoms with Crippen LogP contribution in [0.15, 0.2) is 42.5 Å². The van der Waals surface area contributed by atoms with Crippen LogP contribution in [0.5, 0.6) is 0 Å². The summed E-state index contributed by atoms with van der Waals surface area (Å²) in [7, 11) is -3.59. The Morgan fingerprint density at radius 2 is 1.54 bits per heavy atom. The SMILES string of the molecule is CC(C)NC(=O)[C@H](C)N(Cc1c(Cl)cccc1Cl)C(=O)CCCN(c1ccc(Cl)cc1)S(C)(=O)=O. The first-order chi connectivity index (χ1) is 16.3. The van der Waals surface area contributed by atoms with Crippen LogP contribution in [-0.4, -0.2) is 50.0 Å². The largest absolute Gasteiger partial charge is 0.352 e. The van der Waals surface area contributed by atoms with Crippen LogP contribution in [0.3, 0.4) is 0 Å². The molecule has 0 unspecified atom stereocenters. The Hall–Kier alpha value is -2.00. The molecule has 0 aliphatic carbocycles. The Morgan fingerprint density at radius 3 is 2.06 bits per heavy atom. The zero-order valence-electron chi connectivity index (χ0n) is 20.1. The highest BCUT2D eigenvalue weighted by atomic mass is 35.5. The minimum atomic E-state index is -3.59. The molecule has 2 aromatic rings. The maximum atomic E-state index is 13.3. The Bertz CT molecular complexity index is 1120. The van der Waals surface area contributed by atoms with Gasteiger partial charge in [0.1, 0.15) is 6.04 Å². The molecule has 0 fully saturated rings. The molecule has 11 heteroatoms. The summed E-state index contributed by atoms with van der Waals surface area (Å²) < 4.78 is 25.9. The first-order valence-corrected chi connectivity index (χ1v) is 14.1. The number of hydrogen-bond acceptors (Lipinski definition) is 4. The fourth-order valence-corrected chi connectivity index (χ4v) is 5.06. The lowest BCUT2D eigenvalue weighted by Gasteiger charge is -2.30. The molecule has 0 radical (unpaired) electrons. The highest BCUT2D eigenvalue weighted by Crippen LogP contribution is 2.27. The van der Waals surface area contributed by atoms with Crippen LogP contribution in [0.2, 0.25) is 15.1 Å². The van der Waals surface area contributed by atoms with Gasteiger partial charge in [-0.05, 0) is 63.6 Å². The van der Waals surface area contributed by atoms with Crippen LogP contribution >= 0.6 is 34.8 Å². The lowest BCUT2D eigenvalue weighted by atomic mass is 10.1. The molecule has 0 aromatic heterocycles. The number of nitrogens with one attached hydrogen (secondary N) is 1. The Morgan fingerprint density at radius 1 is 0.971 bits per heavy atom. The molecular formula is C24H30Cl3N3O4S. The van der Waals surface area contributed by atoms with Gasteiger partial charge in [0.15, 0.2) is 0 Å². The molecule has 0 spiro atoms. The molecule has 0 bridgehead atoms. The fourth-order valence-electron chi connectivity index (χ4n) is 3.45. The number of carbonyl (C=O) groups excluding carboxylic acids is 2. The maximum absolute atomic E-state index is 13.3. The summed E-state index contributed by atoms with van der Waals surface area (Å²) in [6.07, 6.45) is 1.36. The van der Waals surface area contributed by atoms with Gasteiger partial charge in [0.2, 0.25) is 21.8 Å². The second-order valence-corrected chi connectivity index (χ2v) is 11.6. The standard InChI is InChI=1S/C24H30Cl3N3O4S/c1-16(2)28-24(32)17(3)29(15-20-21(26)7-5-8-22(20)27)23(31)9-6-14-30(35(4,33)34)19-12-10-18(25)11-13-19/h5,7-8,10-13,16-17H,6,9,14-15H2,1-4H3,(H,28,32)/t17-/m0/s1. The van der Waals surface area contributed by atoms with E-state index in [0.717, 1.165) is 6.26 Å². The molecule has 2 aromatic carbocycles. The zero-order valence-corrected chi connectivity index (χ0v) is 23.2. The Balaban J connectivity index is 2.22. The first-order valence-electron chi connectivity index (χ1n) is 11.1. The number of anilines is 1. The van der Waals surface area contributed by atoms with E-state index in [2.05, 4.69) is 5.32 Å². The molecule has 2 amide bonds. The number of carbonyl (C=O) groups is 2. The number of sulfonamides is 1. The van der Waals surface area contributed by atoms with E-state index in [0.29, 0.717) is 26.3 Å². The van der Waals surface area contributed by atoms with Gasteiger partial charge in [-0.3, -0.25) is 13.9 Å². The van der Waals surface area contributed by atoms with Crippen molar-refractivity contribution in [3.05, 3.63) is 63.1 Å². The van der Waals surface area contributed by atoms with Crippen molar-refractivity contribution in [3.63, 3.8) is 0 Å². The van der Waals surface area contributed by atoms with E-state index in [1.54, 1.807) is 49.4 Å². The van der Waals surface area contributed by atoms with Gasteiger partial charge < -0.3 is 10.2 Å². The number of halogens is 3. The van der Waals surface area contributed by atoms with Crippen LogP contribution in [0.1, 0.15) is 39.2 Å². The van der Waals surface area contributed by atoms with Gasteiger partial charge in [0.25, 0.3) is 0 Å². The lowest BCUT2D eigenvalue weighted by molar-refractivity contribution is -0.140. The molecule has 0 heterocycles. The number of amides is 2. The predicted octanol–water partition coefficient (Wildman–Crippen LogP) is 5.13. The highest BCUT2D eigenvalue weighted by Gasteiger charge is 2.28. The minimum Gasteiger partial charge on any atom is -0.352 e. The van der Waals surface area contributed by atoms with Crippen molar-refractivity contribution in [1.29, 1.82) is 0 Å². The number of rotatable bonds is 11. The van der Waals surface area contributed by atoms with Crippen LogP contribution in [0.25, 0.3) is 0 Å². The summed E-state index contributed by atoms with van der Waals surface area (Å²) in [5.41, 5.74) is 0.987. The zero-order chi connectivity index (χ0) is 26.3. The first kappa shape index (κ1) is 29.2. The topological polar surface area (TPSA) is 86.8 Å². The van der Waals surface area contributed by atoms with Crippen LogP contribution in [-0.2, 0) is 26.2 Å². The van der Waals surface area contributed by atoms with Gasteiger partial charge in [-0.25, -0.2) is 8.42 Å². The third kappa shape index (κ3) is 8.56. The van der Waals surface area contributed by atoms with Gasteiger partial charge in [0, 0.05) is 46.2 Å². The van der Waals surface area contributed by atoms with Gasteiger partial charge in [-0.2, -0.15) is 0 Å². The molecule has 7 nitrogen and oxygen atoms in total. The molecular weight excluding hydrogens is 533 g/mol. The second-order valence-electron chi connectivity index (χ2n) is 8.48. The quantitative estimate of drug-likeness (QED) is 0.411. The summed E-state index contributed by atoms with van der Waals surface area (Å²) in [4.78, 5) is 27.4. The van der Waals surface area contributed by atoms with Gasteiger partial charge >= 0.3 is 0 Å². The molecule has 1 N–H and O–H groups in total. The van der Waals surface area contributed by atoms with Crippen molar-refractivity contribution in [2.45, 2.75) is 52.2 Å². The van der Waals surface area contributed by atoms with Crippen LogP contribution in [0, 0.1) is 0 Å². The second kappa shape index (κ2) is 12.8. The number of hydrogen-bond donors (Lipinski definition) is 1. The van der Waals surface area contributed by atoms with Crippen molar-refractivity contribution in [1.82, 2.24) is 10.2 Å². The molecule has 192 valence electrons. The monoisotopic (exact) mass is 561 g/mol. The van der Waals surface area contributed by atoms with Gasteiger partial charge in [-0.15, -0.1) is 0 Å². The van der Waals surface area contributed by atoms with Crippen molar-refractivity contribution in [3.8, 4) is 0 Å². The van der Waals surface area contributed by atoms with E-state index in [4.69, 9.17) is 34.8 Å². The van der Waals surface area contributed by atoms with Gasteiger partial charge in [-0.1, -0.05) is 40.9 Å². The highest BCUT2D eigenvalue weighted by molar-refractivity contribution is 7.92. The van der Waals surface area contributed by atoms with E-state index < -0.39 is 16.1 Å². The van der Waals surface area contributed by atoms with E-state index in [1.807, 2.05) is 13.8 Å². The van der Waals surface area contributed by atoms with Crippen molar-refractivity contribution in [2.75, 3.05) is 17.1 Å². The predicted molar refractivity (Wildman–Crippen MR) is 143 cm³/mol. The average Bonchev–Trinajstić information content (AvgIpc) is 2.75. The minimum absolute atomic E-state index is 0.0149. The van der Waals surface area contributed by atoms with Crippen molar-refractivity contribution < 1.29 is 18.0 Å². The summed E-state index contributed by atoms with van der Waals surface area (Å²) in [6, 6.07) is 10.6. The average molecular weight is 563 g/mol. The van der Waals surface area contributed by atoms with E-state index in [9.17, 15) is 18.0 Å². The van der Waals surface area contributed by atoms with Crippen molar-refractivity contribution in [2.24, 2.45) is 0 Å². The summed E-state index contributed by atoms with van der Waals surface area (Å²) in [5.74, 6) is -0.632. The molecule has 0 saturated carbocycles. The van der Waals surface area contributed by atoms with Gasteiger partial charge in [0.05, 0.1) is 11.9 Å². The lowest BCUT2D eigenvalue weighted by Crippen LogP contribution is -2.49. The smallest absolute Gasteiger partial charge is 0.242 e. The third-order valence-electron chi connectivity index (χ3n) is 5.26. The molecule has 0 saturated heterocycles. The normalized spacial score (nSPS) is 12.3. The van der Waals surface area contributed by atoms with E-state index in [-0.39, 0.29) is 43.8 Å². The summed E-state index contributed by atoms with van der Waals surface area (Å²) in [5, 5.41) is 4.08. The van der Waals surface area contributed by atoms with Crippen molar-refractivity contribution >= 4 is 62.3 Å². The molecule has 0 aliphatic heterocycles. The third-order valence-corrected chi connectivity index (χ3v) is 7.41. The van der Waals surface area contributed by atoms with E-state index >= 15 is 0 Å². The molecule has 35 heavy (non-hydrogen) atoms. The Labute approximate surface area is 222 Å². The molecule has 1 atom stereocenters. The molecule has 0 aliphatic rings. The van der Waals surface area contributed by atoms with Crippen LogP contribution < -0.4 is 9.62 Å². The maximum Gasteiger partial charge on any atom is 0.242 e.